The Labute approximate surface area is 95.8 Å². The van der Waals surface area contributed by atoms with Crippen molar-refractivity contribution in [3.05, 3.63) is 29.8 Å². The highest BCUT2D eigenvalue weighted by Crippen LogP contribution is 2.10. The van der Waals surface area contributed by atoms with Crippen molar-refractivity contribution >= 4 is 17.5 Å². The number of primary amides is 1. The molecule has 1 rings (SSSR count). The van der Waals surface area contributed by atoms with Crippen LogP contribution in [0.5, 0.6) is 0 Å². The topological polar surface area (TPSA) is 72.2 Å². The first-order chi connectivity index (χ1) is 7.63. The van der Waals surface area contributed by atoms with Crippen LogP contribution in [-0.2, 0) is 4.79 Å². The fraction of sp³-hybridized carbons (Fsp3) is 0.333. The molecule has 4 heteroatoms. The molecule has 2 amide bonds. The molecule has 0 heterocycles. The summed E-state index contributed by atoms with van der Waals surface area (Å²) >= 11 is 0. The van der Waals surface area contributed by atoms with Gasteiger partial charge in [-0.05, 0) is 18.2 Å². The van der Waals surface area contributed by atoms with Crippen molar-refractivity contribution < 1.29 is 9.59 Å². The molecule has 0 aliphatic heterocycles. The molecule has 0 spiro atoms. The highest BCUT2D eigenvalue weighted by atomic mass is 16.2. The van der Waals surface area contributed by atoms with E-state index in [2.05, 4.69) is 5.32 Å². The summed E-state index contributed by atoms with van der Waals surface area (Å²) in [4.78, 5) is 21.9. The second-order valence-corrected chi connectivity index (χ2v) is 2.85. The predicted octanol–water partition coefficient (Wildman–Crippen LogP) is 2.16. The molecular formula is C12H18N2O2. The van der Waals surface area contributed by atoms with E-state index in [0.717, 1.165) is 0 Å². The number of carbonyl (C=O) groups excluding carboxylic acids is 2. The number of anilines is 1. The van der Waals surface area contributed by atoms with Gasteiger partial charge in [0.2, 0.25) is 11.8 Å². The Kier molecular flexibility index (Phi) is 6.59. The zero-order chi connectivity index (χ0) is 12.6. The van der Waals surface area contributed by atoms with Gasteiger partial charge >= 0.3 is 0 Å². The second kappa shape index (κ2) is 7.45. The van der Waals surface area contributed by atoms with Gasteiger partial charge in [-0.1, -0.05) is 26.8 Å². The molecule has 0 saturated heterocycles. The van der Waals surface area contributed by atoms with E-state index in [-0.39, 0.29) is 5.91 Å². The highest BCUT2D eigenvalue weighted by Gasteiger charge is 2.02. The van der Waals surface area contributed by atoms with Crippen molar-refractivity contribution in [2.75, 3.05) is 5.32 Å². The average Bonchev–Trinajstić information content (AvgIpc) is 2.32. The highest BCUT2D eigenvalue weighted by molar-refractivity contribution is 5.96. The minimum absolute atomic E-state index is 0.0911. The predicted molar refractivity (Wildman–Crippen MR) is 65.2 cm³/mol. The van der Waals surface area contributed by atoms with Crippen molar-refractivity contribution in [3.8, 4) is 0 Å². The third kappa shape index (κ3) is 4.59. The fourth-order valence-corrected chi connectivity index (χ4v) is 1.000. The van der Waals surface area contributed by atoms with E-state index in [1.165, 1.54) is 0 Å². The van der Waals surface area contributed by atoms with Gasteiger partial charge in [-0.25, -0.2) is 0 Å². The first-order valence-electron chi connectivity index (χ1n) is 5.33. The molecular weight excluding hydrogens is 204 g/mol. The molecule has 0 atom stereocenters. The summed E-state index contributed by atoms with van der Waals surface area (Å²) in [5, 5.41) is 2.64. The van der Waals surface area contributed by atoms with E-state index < -0.39 is 5.91 Å². The van der Waals surface area contributed by atoms with Gasteiger partial charge in [0, 0.05) is 17.7 Å². The SMILES string of the molecule is CC.CCC(=O)Nc1cccc(C(N)=O)c1. The number of benzene rings is 1. The normalized spacial score (nSPS) is 8.69. The minimum atomic E-state index is -0.502. The number of rotatable bonds is 3. The summed E-state index contributed by atoms with van der Waals surface area (Å²) in [6.45, 7) is 5.76. The van der Waals surface area contributed by atoms with Gasteiger partial charge in [-0.3, -0.25) is 9.59 Å². The number of nitrogens with one attached hydrogen (secondary N) is 1. The van der Waals surface area contributed by atoms with Crippen molar-refractivity contribution in [2.45, 2.75) is 27.2 Å². The second-order valence-electron chi connectivity index (χ2n) is 2.85. The van der Waals surface area contributed by atoms with Crippen LogP contribution in [0.15, 0.2) is 24.3 Å². The lowest BCUT2D eigenvalue weighted by Gasteiger charge is -2.03. The average molecular weight is 222 g/mol. The van der Waals surface area contributed by atoms with Gasteiger partial charge in [0.15, 0.2) is 0 Å². The number of nitrogens with two attached hydrogens (primary N) is 1. The molecule has 0 aliphatic rings. The molecule has 0 bridgehead atoms. The van der Waals surface area contributed by atoms with E-state index >= 15 is 0 Å². The van der Waals surface area contributed by atoms with E-state index in [0.29, 0.717) is 17.7 Å². The van der Waals surface area contributed by atoms with Crippen LogP contribution in [-0.4, -0.2) is 11.8 Å². The first-order valence-corrected chi connectivity index (χ1v) is 5.33. The zero-order valence-corrected chi connectivity index (χ0v) is 9.91. The van der Waals surface area contributed by atoms with Gasteiger partial charge in [0.25, 0.3) is 0 Å². The van der Waals surface area contributed by atoms with Gasteiger partial charge in [0.05, 0.1) is 0 Å². The Balaban J connectivity index is 0.00000106. The number of hydrogen-bond donors (Lipinski definition) is 2. The summed E-state index contributed by atoms with van der Waals surface area (Å²) in [7, 11) is 0. The third-order valence-electron chi connectivity index (χ3n) is 1.75. The molecule has 1 aromatic carbocycles. The van der Waals surface area contributed by atoms with Gasteiger partial charge < -0.3 is 11.1 Å². The van der Waals surface area contributed by atoms with Crippen LogP contribution in [0, 0.1) is 0 Å². The molecule has 3 N–H and O–H groups in total. The first kappa shape index (κ1) is 14.2. The summed E-state index contributed by atoms with van der Waals surface area (Å²) < 4.78 is 0. The number of hydrogen-bond acceptors (Lipinski definition) is 2. The van der Waals surface area contributed by atoms with Crippen LogP contribution in [0.3, 0.4) is 0 Å². The Hall–Kier alpha value is -1.84. The lowest BCUT2D eigenvalue weighted by atomic mass is 10.2. The zero-order valence-electron chi connectivity index (χ0n) is 9.91. The smallest absolute Gasteiger partial charge is 0.248 e. The molecule has 0 radical (unpaired) electrons. The van der Waals surface area contributed by atoms with E-state index in [4.69, 9.17) is 5.73 Å². The van der Waals surface area contributed by atoms with Crippen molar-refractivity contribution in [2.24, 2.45) is 5.73 Å². The lowest BCUT2D eigenvalue weighted by molar-refractivity contribution is -0.115. The summed E-state index contributed by atoms with van der Waals surface area (Å²) in [5.74, 6) is -0.593. The molecule has 0 aromatic heterocycles. The molecule has 16 heavy (non-hydrogen) atoms. The molecule has 0 unspecified atom stereocenters. The van der Waals surface area contributed by atoms with E-state index in [1.54, 1.807) is 31.2 Å². The maximum atomic E-state index is 11.0. The van der Waals surface area contributed by atoms with Crippen LogP contribution >= 0.6 is 0 Å². The Bertz CT molecular complexity index is 362. The molecule has 1 aromatic rings. The molecule has 4 nitrogen and oxygen atoms in total. The number of carbonyl (C=O) groups is 2. The third-order valence-corrected chi connectivity index (χ3v) is 1.75. The van der Waals surface area contributed by atoms with E-state index in [1.807, 2.05) is 13.8 Å². The Morgan fingerprint density at radius 3 is 2.44 bits per heavy atom. The summed E-state index contributed by atoms with van der Waals surface area (Å²) in [6, 6.07) is 6.53. The van der Waals surface area contributed by atoms with Crippen LogP contribution in [0.4, 0.5) is 5.69 Å². The van der Waals surface area contributed by atoms with E-state index in [9.17, 15) is 9.59 Å². The van der Waals surface area contributed by atoms with Gasteiger partial charge in [0.1, 0.15) is 0 Å². The van der Waals surface area contributed by atoms with Crippen molar-refractivity contribution in [1.82, 2.24) is 0 Å². The lowest BCUT2D eigenvalue weighted by Crippen LogP contribution is -2.13. The quantitative estimate of drug-likeness (QED) is 0.822. The monoisotopic (exact) mass is 222 g/mol. The van der Waals surface area contributed by atoms with Crippen LogP contribution in [0.2, 0.25) is 0 Å². The summed E-state index contributed by atoms with van der Waals surface area (Å²) in [5.41, 5.74) is 6.07. The van der Waals surface area contributed by atoms with Gasteiger partial charge in [-0.15, -0.1) is 0 Å². The van der Waals surface area contributed by atoms with Crippen molar-refractivity contribution in [3.63, 3.8) is 0 Å². The fourth-order valence-electron chi connectivity index (χ4n) is 1.000. The summed E-state index contributed by atoms with van der Waals surface area (Å²) in [6.07, 6.45) is 0.404. The van der Waals surface area contributed by atoms with Crippen LogP contribution in [0.1, 0.15) is 37.6 Å². The maximum absolute atomic E-state index is 11.0. The maximum Gasteiger partial charge on any atom is 0.248 e. The molecule has 0 aliphatic carbocycles. The molecule has 0 fully saturated rings. The van der Waals surface area contributed by atoms with Crippen LogP contribution < -0.4 is 11.1 Å². The van der Waals surface area contributed by atoms with Crippen LogP contribution in [0.25, 0.3) is 0 Å². The Morgan fingerprint density at radius 1 is 1.31 bits per heavy atom. The largest absolute Gasteiger partial charge is 0.366 e. The standard InChI is InChI=1S/C10H12N2O2.C2H6/c1-2-9(13)12-8-5-3-4-7(6-8)10(11)14;1-2/h3-6H,2H2,1H3,(H2,11,14)(H,12,13);1-2H3. The number of amides is 2. The molecule has 0 saturated carbocycles. The Morgan fingerprint density at radius 2 is 1.94 bits per heavy atom. The van der Waals surface area contributed by atoms with Crippen molar-refractivity contribution in [1.29, 1.82) is 0 Å². The minimum Gasteiger partial charge on any atom is -0.366 e. The molecule has 88 valence electrons. The van der Waals surface area contributed by atoms with Gasteiger partial charge in [-0.2, -0.15) is 0 Å².